The Labute approximate surface area is 138 Å². The van der Waals surface area contributed by atoms with Crippen LogP contribution in [0.4, 0.5) is 5.82 Å². The molecule has 23 heavy (non-hydrogen) atoms. The monoisotopic (exact) mass is 317 g/mol. The highest BCUT2D eigenvalue weighted by atomic mass is 16.5. The molecule has 2 saturated heterocycles. The van der Waals surface area contributed by atoms with E-state index in [9.17, 15) is 4.79 Å². The Balaban J connectivity index is 1.84. The summed E-state index contributed by atoms with van der Waals surface area (Å²) in [5.41, 5.74) is 0.417. The van der Waals surface area contributed by atoms with Crippen molar-refractivity contribution in [3.05, 3.63) is 23.9 Å². The molecule has 5 nitrogen and oxygen atoms in total. The molecule has 0 bridgehead atoms. The first-order chi connectivity index (χ1) is 11.0. The van der Waals surface area contributed by atoms with E-state index in [2.05, 4.69) is 9.88 Å². The van der Waals surface area contributed by atoms with Crippen molar-refractivity contribution in [1.29, 1.82) is 0 Å². The van der Waals surface area contributed by atoms with Crippen LogP contribution in [0.25, 0.3) is 0 Å². The topological polar surface area (TPSA) is 45.7 Å². The highest BCUT2D eigenvalue weighted by molar-refractivity contribution is 5.99. The van der Waals surface area contributed by atoms with Gasteiger partial charge in [-0.25, -0.2) is 4.98 Å². The highest BCUT2D eigenvalue weighted by Crippen LogP contribution is 2.26. The second-order valence-electron chi connectivity index (χ2n) is 7.30. The summed E-state index contributed by atoms with van der Waals surface area (Å²) in [5, 5.41) is 0. The van der Waals surface area contributed by atoms with E-state index >= 15 is 0 Å². The maximum atomic E-state index is 13.1. The summed E-state index contributed by atoms with van der Waals surface area (Å²) in [6.07, 6.45) is 5.45. The number of amides is 1. The van der Waals surface area contributed by atoms with E-state index in [1.807, 2.05) is 37.8 Å². The molecule has 1 aromatic heterocycles. The molecule has 3 heterocycles. The molecule has 0 aromatic carbocycles. The number of carbonyl (C=O) groups is 1. The Bertz CT molecular complexity index is 567. The van der Waals surface area contributed by atoms with Gasteiger partial charge in [0, 0.05) is 32.4 Å². The molecule has 0 unspecified atom stereocenters. The van der Waals surface area contributed by atoms with Crippen LogP contribution in [-0.4, -0.2) is 53.7 Å². The van der Waals surface area contributed by atoms with Crippen molar-refractivity contribution in [3.8, 4) is 0 Å². The molecule has 0 spiro atoms. The van der Waals surface area contributed by atoms with Crippen LogP contribution < -0.4 is 4.90 Å². The summed E-state index contributed by atoms with van der Waals surface area (Å²) in [7, 11) is 0. The normalized spacial score (nSPS) is 24.6. The standard InChI is InChI=1S/C18H27N3O2/c1-14-12-21(13-18(2,3)23-14)17(22)15-8-7-9-19-16(15)20-10-5-4-6-11-20/h7-9,14H,4-6,10-13H2,1-3H3/t14-/m1/s1. The smallest absolute Gasteiger partial charge is 0.257 e. The number of nitrogens with zero attached hydrogens (tertiary/aromatic N) is 3. The number of hydrogen-bond acceptors (Lipinski definition) is 4. The summed E-state index contributed by atoms with van der Waals surface area (Å²) in [6, 6.07) is 3.77. The first kappa shape index (κ1) is 16.2. The minimum atomic E-state index is -0.305. The van der Waals surface area contributed by atoms with E-state index in [1.165, 1.54) is 19.3 Å². The Kier molecular flexibility index (Phi) is 4.57. The molecule has 1 aromatic rings. The average Bonchev–Trinajstić information content (AvgIpc) is 2.53. The molecular formula is C18H27N3O2. The molecular weight excluding hydrogens is 290 g/mol. The molecule has 0 saturated carbocycles. The van der Waals surface area contributed by atoms with Crippen LogP contribution in [0.1, 0.15) is 50.4 Å². The fourth-order valence-corrected chi connectivity index (χ4v) is 3.70. The maximum absolute atomic E-state index is 13.1. The van der Waals surface area contributed by atoms with Gasteiger partial charge in [-0.05, 0) is 52.2 Å². The van der Waals surface area contributed by atoms with Crippen molar-refractivity contribution < 1.29 is 9.53 Å². The van der Waals surface area contributed by atoms with E-state index in [1.54, 1.807) is 6.20 Å². The lowest BCUT2D eigenvalue weighted by Crippen LogP contribution is -2.54. The first-order valence-corrected chi connectivity index (χ1v) is 8.63. The number of piperidine rings is 1. The van der Waals surface area contributed by atoms with Crippen LogP contribution in [0, 0.1) is 0 Å². The Morgan fingerprint density at radius 3 is 2.74 bits per heavy atom. The van der Waals surface area contributed by atoms with Gasteiger partial charge < -0.3 is 14.5 Å². The third-order valence-corrected chi connectivity index (χ3v) is 4.53. The SMILES string of the molecule is C[C@@H]1CN(C(=O)c2cccnc2N2CCCCC2)CC(C)(C)O1. The Morgan fingerprint density at radius 2 is 2.04 bits per heavy atom. The Morgan fingerprint density at radius 1 is 1.30 bits per heavy atom. The van der Waals surface area contributed by atoms with E-state index < -0.39 is 0 Å². The summed E-state index contributed by atoms with van der Waals surface area (Å²) >= 11 is 0. The van der Waals surface area contributed by atoms with Gasteiger partial charge in [-0.1, -0.05) is 0 Å². The zero-order valence-corrected chi connectivity index (χ0v) is 14.4. The lowest BCUT2D eigenvalue weighted by molar-refractivity contribution is -0.118. The van der Waals surface area contributed by atoms with Gasteiger partial charge in [-0.3, -0.25) is 4.79 Å². The molecule has 126 valence electrons. The summed E-state index contributed by atoms with van der Waals surface area (Å²) in [6.45, 7) is 9.33. The molecule has 0 radical (unpaired) electrons. The largest absolute Gasteiger partial charge is 0.369 e. The van der Waals surface area contributed by atoms with Gasteiger partial charge in [0.15, 0.2) is 0 Å². The van der Waals surface area contributed by atoms with Gasteiger partial charge >= 0.3 is 0 Å². The van der Waals surface area contributed by atoms with Crippen molar-refractivity contribution in [1.82, 2.24) is 9.88 Å². The summed E-state index contributed by atoms with van der Waals surface area (Å²) in [4.78, 5) is 21.8. The van der Waals surface area contributed by atoms with Crippen molar-refractivity contribution in [3.63, 3.8) is 0 Å². The zero-order valence-electron chi connectivity index (χ0n) is 14.4. The van der Waals surface area contributed by atoms with Crippen molar-refractivity contribution >= 4 is 11.7 Å². The third kappa shape index (κ3) is 3.66. The molecule has 0 N–H and O–H groups in total. The van der Waals surface area contributed by atoms with Crippen molar-refractivity contribution in [2.24, 2.45) is 0 Å². The average molecular weight is 317 g/mol. The fourth-order valence-electron chi connectivity index (χ4n) is 3.70. The molecule has 1 atom stereocenters. The van der Waals surface area contributed by atoms with Gasteiger partial charge in [-0.2, -0.15) is 0 Å². The van der Waals surface area contributed by atoms with Crippen LogP contribution in [0.5, 0.6) is 0 Å². The second kappa shape index (κ2) is 6.48. The first-order valence-electron chi connectivity index (χ1n) is 8.63. The quantitative estimate of drug-likeness (QED) is 0.841. The number of anilines is 1. The van der Waals surface area contributed by atoms with Crippen LogP contribution in [-0.2, 0) is 4.74 Å². The minimum absolute atomic E-state index is 0.0535. The van der Waals surface area contributed by atoms with Crippen LogP contribution in [0.2, 0.25) is 0 Å². The van der Waals surface area contributed by atoms with Gasteiger partial charge in [-0.15, -0.1) is 0 Å². The number of ether oxygens (including phenoxy) is 1. The predicted molar refractivity (Wildman–Crippen MR) is 90.8 cm³/mol. The minimum Gasteiger partial charge on any atom is -0.369 e. The van der Waals surface area contributed by atoms with Gasteiger partial charge in [0.2, 0.25) is 0 Å². The summed E-state index contributed by atoms with van der Waals surface area (Å²) in [5.74, 6) is 0.913. The molecule has 1 amide bonds. The van der Waals surface area contributed by atoms with Crippen LogP contribution >= 0.6 is 0 Å². The van der Waals surface area contributed by atoms with Gasteiger partial charge in [0.05, 0.1) is 17.3 Å². The van der Waals surface area contributed by atoms with Crippen LogP contribution in [0.3, 0.4) is 0 Å². The Hall–Kier alpha value is -1.62. The number of rotatable bonds is 2. The van der Waals surface area contributed by atoms with E-state index in [-0.39, 0.29) is 17.6 Å². The summed E-state index contributed by atoms with van der Waals surface area (Å²) < 4.78 is 5.92. The number of morpholine rings is 1. The third-order valence-electron chi connectivity index (χ3n) is 4.53. The zero-order chi connectivity index (χ0) is 16.4. The number of carbonyl (C=O) groups excluding carboxylic acids is 1. The number of hydrogen-bond donors (Lipinski definition) is 0. The molecule has 5 heteroatoms. The lowest BCUT2D eigenvalue weighted by Gasteiger charge is -2.42. The maximum Gasteiger partial charge on any atom is 0.257 e. The lowest BCUT2D eigenvalue weighted by atomic mass is 10.0. The molecule has 3 rings (SSSR count). The van der Waals surface area contributed by atoms with Gasteiger partial charge in [0.1, 0.15) is 5.82 Å². The van der Waals surface area contributed by atoms with E-state index in [4.69, 9.17) is 4.74 Å². The molecule has 0 aliphatic carbocycles. The predicted octanol–water partition coefficient (Wildman–Crippen LogP) is 2.71. The second-order valence-corrected chi connectivity index (χ2v) is 7.30. The fraction of sp³-hybridized carbons (Fsp3) is 0.667. The van der Waals surface area contributed by atoms with Gasteiger partial charge in [0.25, 0.3) is 5.91 Å². The number of pyridine rings is 1. The van der Waals surface area contributed by atoms with E-state index in [0.717, 1.165) is 24.5 Å². The highest BCUT2D eigenvalue weighted by Gasteiger charge is 2.35. The molecule has 2 aliphatic rings. The van der Waals surface area contributed by atoms with Crippen molar-refractivity contribution in [2.75, 3.05) is 31.1 Å². The molecule has 2 aliphatic heterocycles. The van der Waals surface area contributed by atoms with Crippen molar-refractivity contribution in [2.45, 2.75) is 51.7 Å². The number of aromatic nitrogens is 1. The van der Waals surface area contributed by atoms with E-state index in [0.29, 0.717) is 13.1 Å². The molecule has 2 fully saturated rings. The van der Waals surface area contributed by atoms with Crippen LogP contribution in [0.15, 0.2) is 18.3 Å².